The molecule has 1 amide bonds. The number of ether oxygens (including phenoxy) is 2. The number of hydrogen-bond acceptors (Lipinski definition) is 5. The van der Waals surface area contributed by atoms with Crippen LogP contribution in [0.2, 0.25) is 0 Å². The van der Waals surface area contributed by atoms with Crippen LogP contribution in [0.15, 0.2) is 48.8 Å². The van der Waals surface area contributed by atoms with E-state index in [0.29, 0.717) is 30.2 Å². The number of pyridine rings is 1. The van der Waals surface area contributed by atoms with E-state index in [4.69, 9.17) is 9.47 Å². The van der Waals surface area contributed by atoms with Crippen LogP contribution in [0, 0.1) is 0 Å². The Hall–Kier alpha value is -3.06. The second-order valence-electron chi connectivity index (χ2n) is 6.87. The van der Waals surface area contributed by atoms with Crippen LogP contribution in [0.4, 0.5) is 0 Å². The van der Waals surface area contributed by atoms with E-state index in [1.807, 2.05) is 33.7 Å². The van der Waals surface area contributed by atoms with Crippen LogP contribution in [0.25, 0.3) is 5.65 Å². The monoisotopic (exact) mass is 380 g/mol. The third kappa shape index (κ3) is 3.80. The second kappa shape index (κ2) is 7.90. The maximum absolute atomic E-state index is 12.9. The highest BCUT2D eigenvalue weighted by atomic mass is 16.5. The molecule has 7 heteroatoms. The van der Waals surface area contributed by atoms with Crippen molar-refractivity contribution in [3.8, 4) is 11.5 Å². The third-order valence-corrected chi connectivity index (χ3v) is 5.06. The predicted octanol–water partition coefficient (Wildman–Crippen LogP) is 2.31. The summed E-state index contributed by atoms with van der Waals surface area (Å²) in [6.45, 7) is 3.80. The highest BCUT2D eigenvalue weighted by molar-refractivity contribution is 5.95. The molecular weight excluding hydrogens is 356 g/mol. The molecule has 2 aromatic heterocycles. The molecule has 0 N–H and O–H groups in total. The first kappa shape index (κ1) is 18.3. The van der Waals surface area contributed by atoms with E-state index >= 15 is 0 Å². The van der Waals surface area contributed by atoms with Gasteiger partial charge in [-0.05, 0) is 24.3 Å². The van der Waals surface area contributed by atoms with Gasteiger partial charge in [0.05, 0.1) is 19.9 Å². The number of fused-ring (bicyclic) bond motifs is 1. The summed E-state index contributed by atoms with van der Waals surface area (Å²) in [4.78, 5) is 21.8. The summed E-state index contributed by atoms with van der Waals surface area (Å²) < 4.78 is 12.6. The van der Waals surface area contributed by atoms with E-state index in [0.717, 1.165) is 31.0 Å². The lowest BCUT2D eigenvalue weighted by Crippen LogP contribution is -2.48. The summed E-state index contributed by atoms with van der Waals surface area (Å²) in [5.41, 5.74) is 2.59. The predicted molar refractivity (Wildman–Crippen MR) is 106 cm³/mol. The zero-order valence-electron chi connectivity index (χ0n) is 16.2. The van der Waals surface area contributed by atoms with Gasteiger partial charge in [0.15, 0.2) is 0 Å². The number of aromatic nitrogens is 2. The molecule has 0 unspecified atom stereocenters. The number of hydrogen-bond donors (Lipinski definition) is 0. The van der Waals surface area contributed by atoms with Gasteiger partial charge in [-0.3, -0.25) is 9.69 Å². The Labute approximate surface area is 164 Å². The number of rotatable bonds is 5. The Morgan fingerprint density at radius 1 is 1.04 bits per heavy atom. The van der Waals surface area contributed by atoms with Crippen LogP contribution in [-0.4, -0.2) is 65.5 Å². The van der Waals surface area contributed by atoms with Crippen molar-refractivity contribution in [3.05, 3.63) is 60.0 Å². The molecule has 0 saturated carbocycles. The summed E-state index contributed by atoms with van der Waals surface area (Å²) in [7, 11) is 3.17. The van der Waals surface area contributed by atoms with Crippen LogP contribution in [-0.2, 0) is 6.54 Å². The second-order valence-corrected chi connectivity index (χ2v) is 6.87. The molecule has 3 aromatic rings. The lowest BCUT2D eigenvalue weighted by molar-refractivity contribution is 0.0626. The Morgan fingerprint density at radius 2 is 1.75 bits per heavy atom. The Bertz CT molecular complexity index is 921. The van der Waals surface area contributed by atoms with Gasteiger partial charge >= 0.3 is 0 Å². The molecule has 146 valence electrons. The highest BCUT2D eigenvalue weighted by Crippen LogP contribution is 2.24. The Kier molecular flexibility index (Phi) is 5.16. The van der Waals surface area contributed by atoms with Gasteiger partial charge < -0.3 is 18.8 Å². The van der Waals surface area contributed by atoms with Crippen LogP contribution >= 0.6 is 0 Å². The van der Waals surface area contributed by atoms with Crippen molar-refractivity contribution >= 4 is 11.6 Å². The van der Waals surface area contributed by atoms with Gasteiger partial charge in [0.1, 0.15) is 17.1 Å². The van der Waals surface area contributed by atoms with Gasteiger partial charge in [0, 0.05) is 56.7 Å². The third-order valence-electron chi connectivity index (χ3n) is 5.06. The van der Waals surface area contributed by atoms with Crippen molar-refractivity contribution in [1.82, 2.24) is 19.2 Å². The molecule has 1 fully saturated rings. The molecular formula is C21H24N4O3. The summed E-state index contributed by atoms with van der Waals surface area (Å²) in [5.74, 6) is 1.24. The minimum atomic E-state index is 0.00424. The van der Waals surface area contributed by atoms with Crippen LogP contribution in [0.5, 0.6) is 11.5 Å². The number of imidazole rings is 1. The quantitative estimate of drug-likeness (QED) is 0.680. The first-order chi connectivity index (χ1) is 13.7. The van der Waals surface area contributed by atoms with E-state index in [9.17, 15) is 4.79 Å². The molecule has 0 radical (unpaired) electrons. The van der Waals surface area contributed by atoms with E-state index in [1.165, 1.54) is 0 Å². The van der Waals surface area contributed by atoms with E-state index < -0.39 is 0 Å². The Balaban J connectivity index is 1.39. The number of carbonyl (C=O) groups excluding carboxylic acids is 1. The lowest BCUT2D eigenvalue weighted by Gasteiger charge is -2.34. The zero-order valence-corrected chi connectivity index (χ0v) is 16.2. The first-order valence-corrected chi connectivity index (χ1v) is 9.33. The molecule has 1 aliphatic heterocycles. The topological polar surface area (TPSA) is 59.3 Å². The van der Waals surface area contributed by atoms with Gasteiger partial charge in [-0.15, -0.1) is 0 Å². The van der Waals surface area contributed by atoms with Gasteiger partial charge in [-0.25, -0.2) is 4.98 Å². The number of amides is 1. The normalized spacial score (nSPS) is 15.0. The molecule has 7 nitrogen and oxygen atoms in total. The summed E-state index contributed by atoms with van der Waals surface area (Å²) in [6, 6.07) is 11.3. The minimum absolute atomic E-state index is 0.00424. The molecule has 0 spiro atoms. The average Bonchev–Trinajstić information content (AvgIpc) is 3.15. The maximum Gasteiger partial charge on any atom is 0.254 e. The minimum Gasteiger partial charge on any atom is -0.497 e. The molecule has 1 aromatic carbocycles. The van der Waals surface area contributed by atoms with Crippen molar-refractivity contribution in [2.45, 2.75) is 6.54 Å². The zero-order chi connectivity index (χ0) is 19.5. The highest BCUT2D eigenvalue weighted by Gasteiger charge is 2.23. The van der Waals surface area contributed by atoms with Crippen molar-refractivity contribution in [2.75, 3.05) is 40.4 Å². The van der Waals surface area contributed by atoms with E-state index in [-0.39, 0.29) is 5.91 Å². The molecule has 1 aliphatic rings. The molecule has 28 heavy (non-hydrogen) atoms. The molecule has 0 aliphatic carbocycles. The van der Waals surface area contributed by atoms with E-state index in [1.54, 1.807) is 32.4 Å². The van der Waals surface area contributed by atoms with E-state index in [2.05, 4.69) is 16.1 Å². The van der Waals surface area contributed by atoms with Gasteiger partial charge in [-0.2, -0.15) is 0 Å². The summed E-state index contributed by atoms with van der Waals surface area (Å²) in [6.07, 6.45) is 4.07. The number of piperazine rings is 1. The smallest absolute Gasteiger partial charge is 0.254 e. The van der Waals surface area contributed by atoms with Gasteiger partial charge in [0.2, 0.25) is 0 Å². The number of methoxy groups -OCH3 is 2. The Morgan fingerprint density at radius 3 is 2.39 bits per heavy atom. The standard InChI is InChI=1S/C21H24N4O3/c1-27-18-11-16(12-19(13-18)28-2)21(26)24-9-7-23(8-10-24)14-17-15-25-6-4-3-5-20(25)22-17/h3-6,11-13,15H,7-10,14H2,1-2H3. The molecule has 0 atom stereocenters. The number of benzene rings is 1. The van der Waals surface area contributed by atoms with Gasteiger partial charge in [-0.1, -0.05) is 6.07 Å². The SMILES string of the molecule is COc1cc(OC)cc(C(=O)N2CCN(Cc3cn4ccccc4n3)CC2)c1. The van der Waals surface area contributed by atoms with Crippen molar-refractivity contribution in [1.29, 1.82) is 0 Å². The average molecular weight is 380 g/mol. The van der Waals surface area contributed by atoms with Gasteiger partial charge in [0.25, 0.3) is 5.91 Å². The molecule has 0 bridgehead atoms. The van der Waals surface area contributed by atoms with Crippen LogP contribution in [0.3, 0.4) is 0 Å². The fraction of sp³-hybridized carbons (Fsp3) is 0.333. The fourth-order valence-corrected chi connectivity index (χ4v) is 3.52. The molecule has 1 saturated heterocycles. The van der Waals surface area contributed by atoms with Crippen molar-refractivity contribution < 1.29 is 14.3 Å². The maximum atomic E-state index is 12.9. The summed E-state index contributed by atoms with van der Waals surface area (Å²) >= 11 is 0. The fourth-order valence-electron chi connectivity index (χ4n) is 3.52. The lowest BCUT2D eigenvalue weighted by atomic mass is 10.1. The summed E-state index contributed by atoms with van der Waals surface area (Å²) in [5, 5.41) is 0. The molecule has 4 rings (SSSR count). The first-order valence-electron chi connectivity index (χ1n) is 9.33. The number of carbonyl (C=O) groups is 1. The largest absolute Gasteiger partial charge is 0.497 e. The van der Waals surface area contributed by atoms with Crippen molar-refractivity contribution in [3.63, 3.8) is 0 Å². The van der Waals surface area contributed by atoms with Crippen molar-refractivity contribution in [2.24, 2.45) is 0 Å². The number of nitrogens with zero attached hydrogens (tertiary/aromatic N) is 4. The van der Waals surface area contributed by atoms with Crippen LogP contribution in [0.1, 0.15) is 16.1 Å². The molecule has 3 heterocycles. The van der Waals surface area contributed by atoms with Crippen LogP contribution < -0.4 is 9.47 Å².